The van der Waals surface area contributed by atoms with E-state index in [1.54, 1.807) is 13.2 Å². The van der Waals surface area contributed by atoms with E-state index in [1.807, 2.05) is 49.4 Å². The quantitative estimate of drug-likeness (QED) is 0.732. The topological polar surface area (TPSA) is 26.3 Å². The van der Waals surface area contributed by atoms with E-state index in [0.717, 1.165) is 16.5 Å². The van der Waals surface area contributed by atoms with E-state index in [4.69, 9.17) is 4.74 Å². The third-order valence-electron chi connectivity index (χ3n) is 3.36. The fraction of sp³-hybridized carbons (Fsp3) is 0.235. The molecule has 0 aliphatic rings. The molecule has 0 saturated carbocycles. The van der Waals surface area contributed by atoms with Crippen LogP contribution < -0.4 is 4.74 Å². The molecule has 0 heterocycles. The van der Waals surface area contributed by atoms with Crippen LogP contribution in [0.25, 0.3) is 0 Å². The minimum atomic E-state index is -0.109. The lowest BCUT2D eigenvalue weighted by atomic mass is 9.88. The van der Waals surface area contributed by atoms with Gasteiger partial charge in [-0.1, -0.05) is 37.3 Å². The summed E-state index contributed by atoms with van der Waals surface area (Å²) in [7, 11) is 1.60. The Bertz CT molecular complexity index is 593. The first-order valence-corrected chi connectivity index (χ1v) is 7.39. The Morgan fingerprint density at radius 2 is 1.90 bits per heavy atom. The molecule has 3 heteroatoms. The van der Waals surface area contributed by atoms with Gasteiger partial charge in [0, 0.05) is 11.5 Å². The highest BCUT2D eigenvalue weighted by Gasteiger charge is 2.20. The van der Waals surface area contributed by atoms with Gasteiger partial charge in [0.05, 0.1) is 11.6 Å². The molecule has 1 atom stereocenters. The average Bonchev–Trinajstić information content (AvgIpc) is 2.49. The summed E-state index contributed by atoms with van der Waals surface area (Å²) in [5.41, 5.74) is 1.74. The standard InChI is InChI=1S/C17H17BrO2/c1-3-14(12-7-5-4-6-8-12)17(19)13-9-10-15(18)16(11-13)20-2/h4-11,14H,3H2,1-2H3. The van der Waals surface area contributed by atoms with Crippen LogP contribution in [0.3, 0.4) is 0 Å². The summed E-state index contributed by atoms with van der Waals surface area (Å²) in [6.45, 7) is 2.03. The van der Waals surface area contributed by atoms with E-state index in [-0.39, 0.29) is 11.7 Å². The van der Waals surface area contributed by atoms with Gasteiger partial charge in [-0.05, 0) is 46.1 Å². The first-order chi connectivity index (χ1) is 9.67. The Hall–Kier alpha value is -1.61. The maximum absolute atomic E-state index is 12.7. The van der Waals surface area contributed by atoms with Gasteiger partial charge in [-0.15, -0.1) is 0 Å². The van der Waals surface area contributed by atoms with Gasteiger partial charge in [-0.25, -0.2) is 0 Å². The number of hydrogen-bond acceptors (Lipinski definition) is 2. The zero-order chi connectivity index (χ0) is 14.5. The largest absolute Gasteiger partial charge is 0.496 e. The Balaban J connectivity index is 2.34. The first kappa shape index (κ1) is 14.8. The summed E-state index contributed by atoms with van der Waals surface area (Å²) in [6.07, 6.45) is 0.779. The zero-order valence-corrected chi connectivity index (χ0v) is 13.2. The molecule has 0 fully saturated rings. The fourth-order valence-electron chi connectivity index (χ4n) is 2.27. The molecular formula is C17H17BrO2. The first-order valence-electron chi connectivity index (χ1n) is 6.60. The molecule has 20 heavy (non-hydrogen) atoms. The number of benzene rings is 2. The third-order valence-corrected chi connectivity index (χ3v) is 4.02. The molecule has 2 aromatic carbocycles. The van der Waals surface area contributed by atoms with Crippen LogP contribution in [0.15, 0.2) is 53.0 Å². The highest BCUT2D eigenvalue weighted by atomic mass is 79.9. The number of ketones is 1. The van der Waals surface area contributed by atoms with Crippen molar-refractivity contribution in [1.82, 2.24) is 0 Å². The smallest absolute Gasteiger partial charge is 0.170 e. The molecule has 0 aliphatic heterocycles. The number of hydrogen-bond donors (Lipinski definition) is 0. The predicted octanol–water partition coefficient (Wildman–Crippen LogP) is 4.83. The van der Waals surface area contributed by atoms with Gasteiger partial charge in [0.2, 0.25) is 0 Å². The molecule has 1 unspecified atom stereocenters. The summed E-state index contributed by atoms with van der Waals surface area (Å²) >= 11 is 3.40. The summed E-state index contributed by atoms with van der Waals surface area (Å²) in [5, 5.41) is 0. The third kappa shape index (κ3) is 3.10. The average molecular weight is 333 g/mol. The van der Waals surface area contributed by atoms with Crippen molar-refractivity contribution in [2.45, 2.75) is 19.3 Å². The molecule has 0 bridgehead atoms. The van der Waals surface area contributed by atoms with Gasteiger partial charge in [0.25, 0.3) is 0 Å². The van der Waals surface area contributed by atoms with Crippen LogP contribution >= 0.6 is 15.9 Å². The van der Waals surface area contributed by atoms with Crippen molar-refractivity contribution in [2.75, 3.05) is 7.11 Å². The summed E-state index contributed by atoms with van der Waals surface area (Å²) < 4.78 is 6.11. The number of rotatable bonds is 5. The summed E-state index contributed by atoms with van der Waals surface area (Å²) in [6, 6.07) is 15.4. The highest BCUT2D eigenvalue weighted by molar-refractivity contribution is 9.10. The molecular weight excluding hydrogens is 316 g/mol. The van der Waals surface area contributed by atoms with Crippen molar-refractivity contribution in [3.8, 4) is 5.75 Å². The van der Waals surface area contributed by atoms with Crippen molar-refractivity contribution < 1.29 is 9.53 Å². The van der Waals surface area contributed by atoms with E-state index in [1.165, 1.54) is 0 Å². The van der Waals surface area contributed by atoms with Crippen LogP contribution in [0, 0.1) is 0 Å². The van der Waals surface area contributed by atoms with Crippen molar-refractivity contribution >= 4 is 21.7 Å². The molecule has 0 aliphatic carbocycles. The molecule has 2 aromatic rings. The fourth-order valence-corrected chi connectivity index (χ4v) is 2.68. The van der Waals surface area contributed by atoms with E-state index >= 15 is 0 Å². The Labute approximate surface area is 127 Å². The number of methoxy groups -OCH3 is 1. The van der Waals surface area contributed by atoms with Crippen LogP contribution in [0.4, 0.5) is 0 Å². The maximum Gasteiger partial charge on any atom is 0.170 e. The van der Waals surface area contributed by atoms with E-state index in [9.17, 15) is 4.79 Å². The van der Waals surface area contributed by atoms with Crippen molar-refractivity contribution in [1.29, 1.82) is 0 Å². The van der Waals surface area contributed by atoms with Crippen molar-refractivity contribution in [3.63, 3.8) is 0 Å². The van der Waals surface area contributed by atoms with E-state index in [0.29, 0.717) is 11.3 Å². The van der Waals surface area contributed by atoms with Crippen molar-refractivity contribution in [3.05, 3.63) is 64.1 Å². The highest BCUT2D eigenvalue weighted by Crippen LogP contribution is 2.29. The van der Waals surface area contributed by atoms with Gasteiger partial charge < -0.3 is 4.74 Å². The summed E-state index contributed by atoms with van der Waals surface area (Å²) in [5.74, 6) is 0.699. The second-order valence-electron chi connectivity index (χ2n) is 4.59. The molecule has 0 N–H and O–H groups in total. The Morgan fingerprint density at radius 1 is 1.20 bits per heavy atom. The molecule has 0 spiro atoms. The zero-order valence-electron chi connectivity index (χ0n) is 11.6. The minimum Gasteiger partial charge on any atom is -0.496 e. The number of carbonyl (C=O) groups excluding carboxylic acids is 1. The molecule has 0 radical (unpaired) electrons. The normalized spacial score (nSPS) is 11.9. The van der Waals surface area contributed by atoms with Crippen LogP contribution in [0.2, 0.25) is 0 Å². The SMILES string of the molecule is CCC(C(=O)c1ccc(Br)c(OC)c1)c1ccccc1. The van der Waals surface area contributed by atoms with E-state index in [2.05, 4.69) is 15.9 Å². The molecule has 0 aromatic heterocycles. The Morgan fingerprint density at radius 3 is 2.50 bits per heavy atom. The van der Waals surface area contributed by atoms with Crippen LogP contribution in [0.5, 0.6) is 5.75 Å². The number of carbonyl (C=O) groups is 1. The molecule has 0 amide bonds. The summed E-state index contributed by atoms with van der Waals surface area (Å²) in [4.78, 5) is 12.7. The predicted molar refractivity (Wildman–Crippen MR) is 84.5 cm³/mol. The van der Waals surface area contributed by atoms with Gasteiger partial charge in [-0.3, -0.25) is 4.79 Å². The number of Topliss-reactive ketones (excluding diaryl/α,β-unsaturated/α-hetero) is 1. The second kappa shape index (κ2) is 6.71. The number of ether oxygens (including phenoxy) is 1. The van der Waals surface area contributed by atoms with Crippen LogP contribution in [-0.4, -0.2) is 12.9 Å². The maximum atomic E-state index is 12.7. The Kier molecular flexibility index (Phi) is 4.96. The van der Waals surface area contributed by atoms with Crippen LogP contribution in [-0.2, 0) is 0 Å². The molecule has 2 nitrogen and oxygen atoms in total. The van der Waals surface area contributed by atoms with Gasteiger partial charge in [-0.2, -0.15) is 0 Å². The molecule has 104 valence electrons. The second-order valence-corrected chi connectivity index (χ2v) is 5.44. The van der Waals surface area contributed by atoms with Crippen LogP contribution in [0.1, 0.15) is 35.2 Å². The molecule has 0 saturated heterocycles. The lowest BCUT2D eigenvalue weighted by molar-refractivity contribution is 0.0957. The number of halogens is 1. The van der Waals surface area contributed by atoms with Gasteiger partial charge in [0.1, 0.15) is 5.75 Å². The monoisotopic (exact) mass is 332 g/mol. The lowest BCUT2D eigenvalue weighted by Crippen LogP contribution is -2.12. The molecule has 2 rings (SSSR count). The van der Waals surface area contributed by atoms with E-state index < -0.39 is 0 Å². The van der Waals surface area contributed by atoms with Crippen molar-refractivity contribution in [2.24, 2.45) is 0 Å². The van der Waals surface area contributed by atoms with Gasteiger partial charge in [0.15, 0.2) is 5.78 Å². The minimum absolute atomic E-state index is 0.109. The van der Waals surface area contributed by atoms with Gasteiger partial charge >= 0.3 is 0 Å². The lowest BCUT2D eigenvalue weighted by Gasteiger charge is -2.15.